The topological polar surface area (TPSA) is 48.1 Å². The van der Waals surface area contributed by atoms with E-state index in [-0.39, 0.29) is 6.54 Å². The number of aryl methyl sites for hydroxylation is 1. The van der Waals surface area contributed by atoms with Crippen molar-refractivity contribution in [3.63, 3.8) is 0 Å². The Morgan fingerprint density at radius 3 is 2.57 bits per heavy atom. The number of halogens is 3. The van der Waals surface area contributed by atoms with E-state index in [0.29, 0.717) is 11.3 Å². The van der Waals surface area contributed by atoms with Gasteiger partial charge in [0.15, 0.2) is 0 Å². The Bertz CT molecular complexity index is 325. The number of aromatic nitrogens is 1. The minimum absolute atomic E-state index is 0.0779. The van der Waals surface area contributed by atoms with Gasteiger partial charge in [0, 0.05) is 12.1 Å². The Hall–Kier alpha value is -1.30. The third kappa shape index (κ3) is 2.88. The molecule has 6 heteroatoms. The van der Waals surface area contributed by atoms with Crippen molar-refractivity contribution < 1.29 is 17.9 Å². The van der Waals surface area contributed by atoms with Crippen molar-refractivity contribution in [2.45, 2.75) is 19.8 Å². The molecule has 0 aromatic carbocycles. The van der Waals surface area contributed by atoms with Gasteiger partial charge in [0.05, 0.1) is 5.69 Å². The number of nitrogens with zero attached hydrogens (tertiary/aromatic N) is 1. The standard InChI is InChI=1S/C8H9F3N2O/c1-5-2-3-6(4-12)13-7(5)14-8(9,10)11/h2-3H,4,12H2,1H3. The molecule has 0 saturated heterocycles. The van der Waals surface area contributed by atoms with Crippen LogP contribution < -0.4 is 10.5 Å². The average molecular weight is 206 g/mol. The van der Waals surface area contributed by atoms with Gasteiger partial charge in [-0.1, -0.05) is 6.07 Å². The van der Waals surface area contributed by atoms with Crippen LogP contribution in [0.4, 0.5) is 13.2 Å². The molecular formula is C8H9F3N2O. The molecule has 14 heavy (non-hydrogen) atoms. The fraction of sp³-hybridized carbons (Fsp3) is 0.375. The minimum atomic E-state index is -4.72. The van der Waals surface area contributed by atoms with E-state index < -0.39 is 12.2 Å². The highest BCUT2D eigenvalue weighted by Crippen LogP contribution is 2.23. The lowest BCUT2D eigenvalue weighted by Gasteiger charge is -2.10. The summed E-state index contributed by atoms with van der Waals surface area (Å²) in [5.74, 6) is -0.444. The van der Waals surface area contributed by atoms with Crippen LogP contribution in [0.1, 0.15) is 11.3 Å². The van der Waals surface area contributed by atoms with Gasteiger partial charge in [-0.15, -0.1) is 13.2 Å². The van der Waals surface area contributed by atoms with E-state index in [4.69, 9.17) is 5.73 Å². The molecule has 1 rings (SSSR count). The summed E-state index contributed by atoms with van der Waals surface area (Å²) in [6.45, 7) is 1.56. The molecule has 0 saturated carbocycles. The van der Waals surface area contributed by atoms with Gasteiger partial charge in [-0.25, -0.2) is 4.98 Å². The Morgan fingerprint density at radius 2 is 2.07 bits per heavy atom. The first-order valence-corrected chi connectivity index (χ1v) is 3.84. The second-order valence-electron chi connectivity index (χ2n) is 2.68. The number of pyridine rings is 1. The molecule has 1 aromatic rings. The van der Waals surface area contributed by atoms with Gasteiger partial charge < -0.3 is 10.5 Å². The van der Waals surface area contributed by atoms with Crippen molar-refractivity contribution in [3.05, 3.63) is 23.4 Å². The van der Waals surface area contributed by atoms with Crippen LogP contribution in [-0.4, -0.2) is 11.3 Å². The molecule has 1 aromatic heterocycles. The van der Waals surface area contributed by atoms with Crippen LogP contribution in [0.2, 0.25) is 0 Å². The molecule has 0 amide bonds. The first kappa shape index (κ1) is 10.8. The first-order valence-electron chi connectivity index (χ1n) is 3.84. The summed E-state index contributed by atoms with van der Waals surface area (Å²) in [6, 6.07) is 3.04. The highest BCUT2D eigenvalue weighted by molar-refractivity contribution is 5.26. The normalized spacial score (nSPS) is 11.5. The van der Waals surface area contributed by atoms with Crippen LogP contribution in [0.3, 0.4) is 0 Å². The van der Waals surface area contributed by atoms with Gasteiger partial charge >= 0.3 is 6.36 Å². The highest BCUT2D eigenvalue weighted by atomic mass is 19.4. The van der Waals surface area contributed by atoms with Gasteiger partial charge in [-0.3, -0.25) is 0 Å². The van der Waals surface area contributed by atoms with Crippen LogP contribution in [0.5, 0.6) is 5.88 Å². The van der Waals surface area contributed by atoms with Gasteiger partial charge in [0.25, 0.3) is 0 Å². The van der Waals surface area contributed by atoms with Crippen LogP contribution >= 0.6 is 0 Å². The maximum Gasteiger partial charge on any atom is 0.574 e. The lowest BCUT2D eigenvalue weighted by Crippen LogP contribution is -2.19. The molecule has 0 bridgehead atoms. The van der Waals surface area contributed by atoms with E-state index in [2.05, 4.69) is 9.72 Å². The van der Waals surface area contributed by atoms with Crippen molar-refractivity contribution >= 4 is 0 Å². The van der Waals surface area contributed by atoms with E-state index in [0.717, 1.165) is 0 Å². The number of alkyl halides is 3. The Labute approximate surface area is 78.7 Å². The molecule has 0 atom stereocenters. The van der Waals surface area contributed by atoms with Gasteiger partial charge in [0.2, 0.25) is 5.88 Å². The second-order valence-corrected chi connectivity index (χ2v) is 2.68. The maximum absolute atomic E-state index is 11.9. The maximum atomic E-state index is 11.9. The molecule has 0 unspecified atom stereocenters. The van der Waals surface area contributed by atoms with Crippen LogP contribution in [0.15, 0.2) is 12.1 Å². The minimum Gasteiger partial charge on any atom is -0.388 e. The fourth-order valence-corrected chi connectivity index (χ4v) is 0.875. The van der Waals surface area contributed by atoms with E-state index in [1.54, 1.807) is 6.07 Å². The highest BCUT2D eigenvalue weighted by Gasteiger charge is 2.32. The summed E-state index contributed by atoms with van der Waals surface area (Å²) in [4.78, 5) is 3.61. The molecule has 2 N–H and O–H groups in total. The molecule has 0 fully saturated rings. The van der Waals surface area contributed by atoms with Gasteiger partial charge in [-0.2, -0.15) is 0 Å². The zero-order valence-corrected chi connectivity index (χ0v) is 7.43. The van der Waals surface area contributed by atoms with Crippen molar-refractivity contribution in [3.8, 4) is 5.88 Å². The van der Waals surface area contributed by atoms with Crippen LogP contribution in [-0.2, 0) is 6.54 Å². The molecule has 0 aliphatic rings. The number of hydrogen-bond donors (Lipinski definition) is 1. The van der Waals surface area contributed by atoms with Gasteiger partial charge in [0.1, 0.15) is 0 Å². The monoisotopic (exact) mass is 206 g/mol. The molecule has 0 aliphatic heterocycles. The summed E-state index contributed by atoms with van der Waals surface area (Å²) in [5.41, 5.74) is 5.91. The summed E-state index contributed by atoms with van der Waals surface area (Å²) in [5, 5.41) is 0. The van der Waals surface area contributed by atoms with E-state index in [1.807, 2.05) is 0 Å². The quantitative estimate of drug-likeness (QED) is 0.801. The average Bonchev–Trinajstić information content (AvgIpc) is 2.06. The predicted molar refractivity (Wildman–Crippen MR) is 43.5 cm³/mol. The molecule has 0 aliphatic carbocycles. The zero-order valence-electron chi connectivity index (χ0n) is 7.43. The van der Waals surface area contributed by atoms with Crippen molar-refractivity contribution in [1.29, 1.82) is 0 Å². The second kappa shape index (κ2) is 3.83. The summed E-state index contributed by atoms with van der Waals surface area (Å²) < 4.78 is 39.3. The Morgan fingerprint density at radius 1 is 1.43 bits per heavy atom. The number of ether oxygens (including phenoxy) is 1. The lowest BCUT2D eigenvalue weighted by molar-refractivity contribution is -0.276. The van der Waals surface area contributed by atoms with Crippen molar-refractivity contribution in [2.75, 3.05) is 0 Å². The number of nitrogens with two attached hydrogens (primary N) is 1. The van der Waals surface area contributed by atoms with Gasteiger partial charge in [-0.05, 0) is 13.0 Å². The van der Waals surface area contributed by atoms with Crippen molar-refractivity contribution in [2.24, 2.45) is 5.73 Å². The molecule has 3 nitrogen and oxygen atoms in total. The zero-order chi connectivity index (χ0) is 10.8. The largest absolute Gasteiger partial charge is 0.574 e. The Balaban J connectivity index is 2.95. The third-order valence-electron chi connectivity index (χ3n) is 1.53. The summed E-state index contributed by atoms with van der Waals surface area (Å²) in [7, 11) is 0. The number of hydrogen-bond acceptors (Lipinski definition) is 3. The fourth-order valence-electron chi connectivity index (χ4n) is 0.875. The molecule has 1 heterocycles. The van der Waals surface area contributed by atoms with E-state index >= 15 is 0 Å². The smallest absolute Gasteiger partial charge is 0.388 e. The van der Waals surface area contributed by atoms with Crippen LogP contribution in [0, 0.1) is 6.92 Å². The molecule has 78 valence electrons. The molecule has 0 radical (unpaired) electrons. The first-order chi connectivity index (χ1) is 6.42. The van der Waals surface area contributed by atoms with Crippen molar-refractivity contribution in [1.82, 2.24) is 4.98 Å². The van der Waals surface area contributed by atoms with E-state index in [9.17, 15) is 13.2 Å². The SMILES string of the molecule is Cc1ccc(CN)nc1OC(F)(F)F. The predicted octanol–water partition coefficient (Wildman–Crippen LogP) is 1.75. The summed E-state index contributed by atoms with van der Waals surface area (Å²) >= 11 is 0. The number of rotatable bonds is 2. The Kier molecular flexibility index (Phi) is 2.95. The summed E-state index contributed by atoms with van der Waals surface area (Å²) in [6.07, 6.45) is -4.72. The molecule has 0 spiro atoms. The van der Waals surface area contributed by atoms with Crippen LogP contribution in [0.25, 0.3) is 0 Å². The molecular weight excluding hydrogens is 197 g/mol. The third-order valence-corrected chi connectivity index (χ3v) is 1.53. The lowest BCUT2D eigenvalue weighted by atomic mass is 10.2. The van der Waals surface area contributed by atoms with E-state index in [1.165, 1.54) is 13.0 Å².